The van der Waals surface area contributed by atoms with Gasteiger partial charge in [0.25, 0.3) is 5.54 Å². The van der Waals surface area contributed by atoms with Crippen LogP contribution in [0.15, 0.2) is 60.7 Å². The molecule has 0 saturated heterocycles. The van der Waals surface area contributed by atoms with Gasteiger partial charge >= 0.3 is 18.2 Å². The maximum Gasteiger partial charge on any atom is 0.434 e. The Labute approximate surface area is 159 Å². The summed E-state index contributed by atoms with van der Waals surface area (Å²) >= 11 is 0. The first-order chi connectivity index (χ1) is 13.3. The van der Waals surface area contributed by atoms with Crippen LogP contribution < -0.4 is 5.32 Å². The second-order valence-electron chi connectivity index (χ2n) is 5.54. The number of methoxy groups -OCH3 is 1. The van der Waals surface area contributed by atoms with Gasteiger partial charge in [0.2, 0.25) is 0 Å². The van der Waals surface area contributed by atoms with E-state index in [4.69, 9.17) is 4.74 Å². The Bertz CT molecular complexity index is 873. The normalized spacial score (nSPS) is 12.7. The molecule has 0 radical (unpaired) electrons. The molecule has 2 aromatic carbocycles. The zero-order valence-corrected chi connectivity index (χ0v) is 14.7. The van der Waals surface area contributed by atoms with E-state index in [1.54, 1.807) is 48.5 Å². The van der Waals surface area contributed by atoms with Gasteiger partial charge in [0.1, 0.15) is 6.61 Å². The number of rotatable bonds is 4. The minimum atomic E-state index is -5.26. The van der Waals surface area contributed by atoms with Crippen molar-refractivity contribution in [2.45, 2.75) is 18.3 Å². The number of carbonyl (C=O) groups is 2. The Hall–Kier alpha value is -3.47. The molecule has 5 nitrogen and oxygen atoms in total. The second-order valence-corrected chi connectivity index (χ2v) is 5.54. The number of halogens is 3. The zero-order valence-electron chi connectivity index (χ0n) is 14.7. The van der Waals surface area contributed by atoms with Crippen LogP contribution in [0.2, 0.25) is 0 Å². The first-order valence-electron chi connectivity index (χ1n) is 8.01. The fraction of sp³-hybridized carbons (Fsp3) is 0.200. The third-order valence-electron chi connectivity index (χ3n) is 3.59. The maximum atomic E-state index is 13.8. The molecule has 0 fully saturated rings. The second kappa shape index (κ2) is 8.95. The van der Waals surface area contributed by atoms with Crippen molar-refractivity contribution in [3.8, 4) is 11.8 Å². The fourth-order valence-electron chi connectivity index (χ4n) is 2.14. The quantitative estimate of drug-likeness (QED) is 0.641. The first kappa shape index (κ1) is 20.8. The molecule has 0 aliphatic heterocycles. The van der Waals surface area contributed by atoms with E-state index >= 15 is 0 Å². The van der Waals surface area contributed by atoms with E-state index in [1.807, 2.05) is 5.92 Å². The Morgan fingerprint density at radius 2 is 1.57 bits per heavy atom. The average Bonchev–Trinajstić information content (AvgIpc) is 2.69. The number of esters is 1. The van der Waals surface area contributed by atoms with Crippen LogP contribution in [0.25, 0.3) is 0 Å². The lowest BCUT2D eigenvalue weighted by Gasteiger charge is -2.28. The molecule has 8 heteroatoms. The Morgan fingerprint density at radius 1 is 1.00 bits per heavy atom. The van der Waals surface area contributed by atoms with Gasteiger partial charge in [-0.2, -0.15) is 13.2 Å². The molecule has 2 aromatic rings. The molecule has 0 aliphatic carbocycles. The van der Waals surface area contributed by atoms with E-state index in [-0.39, 0.29) is 12.2 Å². The molecule has 0 saturated carbocycles. The number of amides is 1. The number of benzene rings is 2. The third kappa shape index (κ3) is 5.04. The number of carbonyl (C=O) groups excluding carboxylic acids is 2. The van der Waals surface area contributed by atoms with Crippen molar-refractivity contribution in [3.63, 3.8) is 0 Å². The highest BCUT2D eigenvalue weighted by molar-refractivity contribution is 5.90. The molecule has 2 rings (SSSR count). The standard InChI is InChI=1S/C20H16F3NO4/c1-27-17(25)19(20(21,22)23,13-12-15-8-4-2-5-9-15)24-18(26)28-14-16-10-6-3-7-11-16/h2-11H,14H2,1H3,(H,24,26). The number of ether oxygens (including phenoxy) is 2. The molecule has 1 amide bonds. The molecule has 1 atom stereocenters. The third-order valence-corrected chi connectivity index (χ3v) is 3.59. The Morgan fingerprint density at radius 3 is 2.11 bits per heavy atom. The van der Waals surface area contributed by atoms with Crippen molar-refractivity contribution in [3.05, 3.63) is 71.8 Å². The first-order valence-corrected chi connectivity index (χ1v) is 8.01. The van der Waals surface area contributed by atoms with E-state index in [0.29, 0.717) is 5.56 Å². The minimum Gasteiger partial charge on any atom is -0.466 e. The molecule has 0 aromatic heterocycles. The van der Waals surface area contributed by atoms with Crippen molar-refractivity contribution in [1.82, 2.24) is 5.32 Å². The molecule has 1 unspecified atom stereocenters. The largest absolute Gasteiger partial charge is 0.466 e. The summed E-state index contributed by atoms with van der Waals surface area (Å²) in [4.78, 5) is 24.0. The van der Waals surface area contributed by atoms with Crippen molar-refractivity contribution in [1.29, 1.82) is 0 Å². The lowest BCUT2D eigenvalue weighted by atomic mass is 9.99. The summed E-state index contributed by atoms with van der Waals surface area (Å²) in [5, 5.41) is 1.53. The van der Waals surface area contributed by atoms with Gasteiger partial charge in [-0.1, -0.05) is 54.5 Å². The molecule has 0 spiro atoms. The lowest BCUT2D eigenvalue weighted by molar-refractivity contribution is -0.197. The molecule has 0 aliphatic rings. The number of nitrogens with one attached hydrogen (secondary N) is 1. The highest BCUT2D eigenvalue weighted by Gasteiger charge is 2.62. The Kier molecular flexibility index (Phi) is 6.66. The van der Waals surface area contributed by atoms with E-state index in [0.717, 1.165) is 7.11 Å². The molecule has 28 heavy (non-hydrogen) atoms. The summed E-state index contributed by atoms with van der Waals surface area (Å²) < 4.78 is 50.4. The van der Waals surface area contributed by atoms with E-state index < -0.39 is 23.8 Å². The van der Waals surface area contributed by atoms with Crippen molar-refractivity contribution in [2.75, 3.05) is 7.11 Å². The fourth-order valence-corrected chi connectivity index (χ4v) is 2.14. The molecule has 146 valence electrons. The van der Waals surface area contributed by atoms with Crippen LogP contribution in [-0.2, 0) is 20.9 Å². The van der Waals surface area contributed by atoms with Gasteiger partial charge in [-0.15, -0.1) is 0 Å². The highest BCUT2D eigenvalue weighted by Crippen LogP contribution is 2.31. The van der Waals surface area contributed by atoms with Gasteiger partial charge in [0, 0.05) is 5.56 Å². The van der Waals surface area contributed by atoms with E-state index in [2.05, 4.69) is 10.7 Å². The zero-order chi connectivity index (χ0) is 20.6. The summed E-state index contributed by atoms with van der Waals surface area (Å²) in [5.41, 5.74) is -2.80. The summed E-state index contributed by atoms with van der Waals surface area (Å²) in [5.74, 6) is 2.28. The van der Waals surface area contributed by atoms with Crippen LogP contribution in [0.3, 0.4) is 0 Å². The van der Waals surface area contributed by atoms with Gasteiger partial charge in [-0.05, 0) is 23.6 Å². The molecular formula is C20H16F3NO4. The Balaban J connectivity index is 2.30. The van der Waals surface area contributed by atoms with Crippen LogP contribution >= 0.6 is 0 Å². The maximum absolute atomic E-state index is 13.8. The molecular weight excluding hydrogens is 375 g/mol. The summed E-state index contributed by atoms with van der Waals surface area (Å²) in [6, 6.07) is 16.0. The smallest absolute Gasteiger partial charge is 0.434 e. The average molecular weight is 391 g/mol. The van der Waals surface area contributed by atoms with Gasteiger partial charge in [-0.25, -0.2) is 9.59 Å². The van der Waals surface area contributed by atoms with Crippen LogP contribution in [-0.4, -0.2) is 30.9 Å². The van der Waals surface area contributed by atoms with Gasteiger partial charge in [-0.3, -0.25) is 5.32 Å². The topological polar surface area (TPSA) is 64.6 Å². The summed E-state index contributed by atoms with van der Waals surface area (Å²) in [6.45, 7) is -0.284. The van der Waals surface area contributed by atoms with Crippen LogP contribution in [0, 0.1) is 11.8 Å². The highest BCUT2D eigenvalue weighted by atomic mass is 19.4. The van der Waals surface area contributed by atoms with Crippen LogP contribution in [0.5, 0.6) is 0 Å². The monoisotopic (exact) mass is 391 g/mol. The SMILES string of the molecule is COC(=O)C(C#Cc1ccccc1)(NC(=O)OCc1ccccc1)C(F)(F)F. The summed E-state index contributed by atoms with van der Waals surface area (Å²) in [6.07, 6.45) is -6.72. The van der Waals surface area contributed by atoms with Crippen molar-refractivity contribution < 1.29 is 32.2 Å². The summed E-state index contributed by atoms with van der Waals surface area (Å²) in [7, 11) is 0.768. The lowest BCUT2D eigenvalue weighted by Crippen LogP contribution is -2.63. The van der Waals surface area contributed by atoms with Crippen molar-refractivity contribution in [2.24, 2.45) is 0 Å². The van der Waals surface area contributed by atoms with Crippen molar-refractivity contribution >= 4 is 12.1 Å². The van der Waals surface area contributed by atoms with Gasteiger partial charge in [0.05, 0.1) is 7.11 Å². The predicted octanol–water partition coefficient (Wildman–Crippen LogP) is 3.44. The number of alkyl halides is 3. The van der Waals surface area contributed by atoms with Crippen LogP contribution in [0.4, 0.5) is 18.0 Å². The molecule has 1 N–H and O–H groups in total. The predicted molar refractivity (Wildman–Crippen MR) is 93.9 cm³/mol. The number of hydrogen-bond acceptors (Lipinski definition) is 4. The van der Waals surface area contributed by atoms with Crippen LogP contribution in [0.1, 0.15) is 11.1 Å². The van der Waals surface area contributed by atoms with Gasteiger partial charge < -0.3 is 9.47 Å². The minimum absolute atomic E-state index is 0.222. The van der Waals surface area contributed by atoms with Gasteiger partial charge in [0.15, 0.2) is 0 Å². The molecule has 0 heterocycles. The number of hydrogen-bond donors (Lipinski definition) is 1. The van der Waals surface area contributed by atoms with E-state index in [1.165, 1.54) is 17.4 Å². The number of alkyl carbamates (subject to hydrolysis) is 1. The van der Waals surface area contributed by atoms with E-state index in [9.17, 15) is 22.8 Å². The molecule has 0 bridgehead atoms.